The van der Waals surface area contributed by atoms with E-state index in [1.54, 1.807) is 11.5 Å². The van der Waals surface area contributed by atoms with Crippen LogP contribution in [0.2, 0.25) is 0 Å². The molecule has 1 N–H and O–H groups in total. The molecule has 1 aromatic carbocycles. The fourth-order valence-electron chi connectivity index (χ4n) is 1.53. The Labute approximate surface area is 83.4 Å². The highest BCUT2D eigenvalue weighted by Crippen LogP contribution is 2.22. The molecule has 0 radical (unpaired) electrons. The second kappa shape index (κ2) is 3.31. The Hall–Kier alpha value is -1.54. The van der Waals surface area contributed by atoms with E-state index in [9.17, 15) is 5.11 Å². The van der Waals surface area contributed by atoms with Crippen molar-refractivity contribution in [3.63, 3.8) is 0 Å². The highest BCUT2D eigenvalue weighted by Gasteiger charge is 2.23. The summed E-state index contributed by atoms with van der Waals surface area (Å²) in [6.07, 6.45) is 3.71. The molecule has 2 nitrogen and oxygen atoms in total. The molecule has 0 spiro atoms. The standard InChI is InChI=1S/C12H13NO/c1-12(14,13-9-5-6-10-13)11-7-3-2-4-8-11/h2-10,14H,1H3. The van der Waals surface area contributed by atoms with Gasteiger partial charge in [0.05, 0.1) is 0 Å². The summed E-state index contributed by atoms with van der Waals surface area (Å²) < 4.78 is 1.78. The van der Waals surface area contributed by atoms with Crippen LogP contribution in [0.4, 0.5) is 0 Å². The van der Waals surface area contributed by atoms with E-state index in [0.717, 1.165) is 5.56 Å². The van der Waals surface area contributed by atoms with Crippen molar-refractivity contribution in [2.75, 3.05) is 0 Å². The first-order chi connectivity index (χ1) is 6.71. The van der Waals surface area contributed by atoms with Gasteiger partial charge >= 0.3 is 0 Å². The molecule has 0 amide bonds. The molecule has 2 heteroatoms. The van der Waals surface area contributed by atoms with Gasteiger partial charge in [-0.25, -0.2) is 0 Å². The Bertz CT molecular complexity index is 390. The Morgan fingerprint density at radius 1 is 1.00 bits per heavy atom. The number of rotatable bonds is 2. The Kier molecular flexibility index (Phi) is 2.14. The topological polar surface area (TPSA) is 25.2 Å². The summed E-state index contributed by atoms with van der Waals surface area (Å²) in [4.78, 5) is 0. The fourth-order valence-corrected chi connectivity index (χ4v) is 1.53. The van der Waals surface area contributed by atoms with Crippen LogP contribution < -0.4 is 0 Å². The lowest BCUT2D eigenvalue weighted by molar-refractivity contribution is 0.0257. The van der Waals surface area contributed by atoms with Crippen molar-refractivity contribution in [3.05, 3.63) is 60.4 Å². The van der Waals surface area contributed by atoms with Crippen LogP contribution in [-0.4, -0.2) is 9.67 Å². The minimum Gasteiger partial charge on any atom is -0.367 e. The first-order valence-corrected chi connectivity index (χ1v) is 4.62. The van der Waals surface area contributed by atoms with Crippen molar-refractivity contribution in [1.82, 2.24) is 4.57 Å². The number of aromatic nitrogens is 1. The zero-order valence-corrected chi connectivity index (χ0v) is 8.09. The summed E-state index contributed by atoms with van der Waals surface area (Å²) in [6.45, 7) is 1.78. The Morgan fingerprint density at radius 3 is 2.14 bits per heavy atom. The monoisotopic (exact) mass is 187 g/mol. The normalized spacial score (nSPS) is 15.0. The van der Waals surface area contributed by atoms with Crippen LogP contribution >= 0.6 is 0 Å². The van der Waals surface area contributed by atoms with Crippen molar-refractivity contribution >= 4 is 0 Å². The molecule has 0 aliphatic rings. The summed E-state index contributed by atoms with van der Waals surface area (Å²) in [6, 6.07) is 13.4. The van der Waals surface area contributed by atoms with Gasteiger partial charge in [-0.1, -0.05) is 30.3 Å². The van der Waals surface area contributed by atoms with Crippen LogP contribution in [0.3, 0.4) is 0 Å². The quantitative estimate of drug-likeness (QED) is 0.766. The summed E-state index contributed by atoms with van der Waals surface area (Å²) in [5.41, 5.74) is -0.0821. The summed E-state index contributed by atoms with van der Waals surface area (Å²) in [5.74, 6) is 0. The molecular formula is C12H13NO. The van der Waals surface area contributed by atoms with E-state index >= 15 is 0 Å². The van der Waals surface area contributed by atoms with Crippen LogP contribution in [0.25, 0.3) is 0 Å². The summed E-state index contributed by atoms with van der Waals surface area (Å²) in [7, 11) is 0. The molecule has 0 aliphatic heterocycles. The maximum atomic E-state index is 10.3. The van der Waals surface area contributed by atoms with Crippen LogP contribution in [-0.2, 0) is 5.72 Å². The van der Waals surface area contributed by atoms with Crippen LogP contribution in [0, 0.1) is 0 Å². The lowest BCUT2D eigenvalue weighted by atomic mass is 10.1. The number of hydrogen-bond donors (Lipinski definition) is 1. The minimum absolute atomic E-state index is 0.885. The zero-order valence-electron chi connectivity index (χ0n) is 8.09. The minimum atomic E-state index is -0.968. The molecule has 1 atom stereocenters. The van der Waals surface area contributed by atoms with Crippen molar-refractivity contribution in [1.29, 1.82) is 0 Å². The van der Waals surface area contributed by atoms with Crippen LogP contribution in [0.1, 0.15) is 12.5 Å². The van der Waals surface area contributed by atoms with E-state index in [2.05, 4.69) is 0 Å². The van der Waals surface area contributed by atoms with Gasteiger partial charge in [-0.3, -0.25) is 0 Å². The molecule has 0 fully saturated rings. The molecule has 1 heterocycles. The van der Waals surface area contributed by atoms with Gasteiger partial charge in [0.2, 0.25) is 0 Å². The van der Waals surface area contributed by atoms with Crippen LogP contribution in [0.15, 0.2) is 54.9 Å². The molecule has 0 bridgehead atoms. The third-order valence-electron chi connectivity index (χ3n) is 2.43. The molecule has 2 aromatic rings. The number of benzene rings is 1. The molecule has 0 saturated heterocycles. The van der Waals surface area contributed by atoms with Gasteiger partial charge in [-0.15, -0.1) is 0 Å². The zero-order chi connectivity index (χ0) is 10.0. The van der Waals surface area contributed by atoms with Crippen molar-refractivity contribution in [2.45, 2.75) is 12.6 Å². The Morgan fingerprint density at radius 2 is 1.57 bits per heavy atom. The second-order valence-corrected chi connectivity index (χ2v) is 3.48. The SMILES string of the molecule is CC(O)(c1ccccc1)n1cccc1. The molecule has 14 heavy (non-hydrogen) atoms. The lowest BCUT2D eigenvalue weighted by Crippen LogP contribution is -2.29. The molecule has 0 saturated carbocycles. The lowest BCUT2D eigenvalue weighted by Gasteiger charge is -2.25. The molecular weight excluding hydrogens is 174 g/mol. The van der Waals surface area contributed by atoms with Gasteiger partial charge in [-0.05, 0) is 19.1 Å². The predicted octanol–water partition coefficient (Wildman–Crippen LogP) is 2.20. The molecule has 1 unspecified atom stereocenters. The van der Waals surface area contributed by atoms with Gasteiger partial charge in [0, 0.05) is 18.0 Å². The van der Waals surface area contributed by atoms with Gasteiger partial charge in [-0.2, -0.15) is 0 Å². The third kappa shape index (κ3) is 1.44. The first-order valence-electron chi connectivity index (χ1n) is 4.62. The van der Waals surface area contributed by atoms with Gasteiger partial charge in [0.15, 0.2) is 5.72 Å². The Balaban J connectivity index is 2.43. The van der Waals surface area contributed by atoms with E-state index in [1.165, 1.54) is 0 Å². The van der Waals surface area contributed by atoms with E-state index in [0.29, 0.717) is 0 Å². The molecule has 72 valence electrons. The second-order valence-electron chi connectivity index (χ2n) is 3.48. The van der Waals surface area contributed by atoms with E-state index in [1.807, 2.05) is 54.9 Å². The predicted molar refractivity (Wildman–Crippen MR) is 55.8 cm³/mol. The van der Waals surface area contributed by atoms with Crippen molar-refractivity contribution < 1.29 is 5.11 Å². The highest BCUT2D eigenvalue weighted by molar-refractivity contribution is 5.22. The fraction of sp³-hybridized carbons (Fsp3) is 0.167. The molecule has 0 aliphatic carbocycles. The largest absolute Gasteiger partial charge is 0.367 e. The average molecular weight is 187 g/mol. The van der Waals surface area contributed by atoms with E-state index in [4.69, 9.17) is 0 Å². The number of aliphatic hydroxyl groups is 1. The number of hydrogen-bond acceptors (Lipinski definition) is 1. The van der Waals surface area contributed by atoms with E-state index in [-0.39, 0.29) is 0 Å². The van der Waals surface area contributed by atoms with Crippen molar-refractivity contribution in [2.24, 2.45) is 0 Å². The highest BCUT2D eigenvalue weighted by atomic mass is 16.3. The molecule has 2 rings (SSSR count). The van der Waals surface area contributed by atoms with Gasteiger partial charge in [0.25, 0.3) is 0 Å². The van der Waals surface area contributed by atoms with Crippen molar-refractivity contribution in [3.8, 4) is 0 Å². The maximum Gasteiger partial charge on any atom is 0.164 e. The van der Waals surface area contributed by atoms with Crippen LogP contribution in [0.5, 0.6) is 0 Å². The smallest absolute Gasteiger partial charge is 0.164 e. The first kappa shape index (κ1) is 9.03. The summed E-state index contributed by atoms with van der Waals surface area (Å²) in [5, 5.41) is 10.3. The number of nitrogens with zero attached hydrogens (tertiary/aromatic N) is 1. The van der Waals surface area contributed by atoms with Gasteiger partial charge < -0.3 is 9.67 Å². The van der Waals surface area contributed by atoms with E-state index < -0.39 is 5.72 Å². The molecule has 1 aromatic heterocycles. The maximum absolute atomic E-state index is 10.3. The summed E-state index contributed by atoms with van der Waals surface area (Å²) >= 11 is 0. The van der Waals surface area contributed by atoms with Gasteiger partial charge in [0.1, 0.15) is 0 Å². The third-order valence-corrected chi connectivity index (χ3v) is 2.43. The average Bonchev–Trinajstić information content (AvgIpc) is 2.72.